The van der Waals surface area contributed by atoms with Crippen LogP contribution in [0.2, 0.25) is 0 Å². The molecule has 0 bridgehead atoms. The summed E-state index contributed by atoms with van der Waals surface area (Å²) in [6.45, 7) is 4.36. The topological polar surface area (TPSA) is 93.1 Å². The molecular formula is C17H20N4O3. The van der Waals surface area contributed by atoms with E-state index in [0.717, 1.165) is 12.8 Å². The van der Waals surface area contributed by atoms with E-state index >= 15 is 0 Å². The average molecular weight is 328 g/mol. The summed E-state index contributed by atoms with van der Waals surface area (Å²) in [5.74, 6) is -0.521. The molecule has 2 aromatic rings. The Balaban J connectivity index is 1.95. The molecule has 1 saturated carbocycles. The Kier molecular flexibility index (Phi) is 4.33. The molecule has 1 aliphatic carbocycles. The van der Waals surface area contributed by atoms with Crippen LogP contribution in [0.1, 0.15) is 37.2 Å². The molecule has 3 rings (SSSR count). The Hall–Kier alpha value is -2.70. The summed E-state index contributed by atoms with van der Waals surface area (Å²) in [5.41, 5.74) is 4.72. The second-order valence-electron chi connectivity index (χ2n) is 6.49. The number of nitrogens with zero attached hydrogens (tertiary/aromatic N) is 2. The van der Waals surface area contributed by atoms with Gasteiger partial charge in [-0.2, -0.15) is 5.10 Å². The predicted molar refractivity (Wildman–Crippen MR) is 89.2 cm³/mol. The molecule has 24 heavy (non-hydrogen) atoms. The Bertz CT molecular complexity index is 853. The number of hydrazine groups is 1. The number of amides is 2. The third-order valence-corrected chi connectivity index (χ3v) is 3.87. The van der Waals surface area contributed by atoms with Crippen LogP contribution < -0.4 is 16.4 Å². The maximum atomic E-state index is 12.5. The smallest absolute Gasteiger partial charge is 0.273 e. The van der Waals surface area contributed by atoms with E-state index in [2.05, 4.69) is 16.0 Å². The summed E-state index contributed by atoms with van der Waals surface area (Å²) >= 11 is 0. The van der Waals surface area contributed by atoms with Gasteiger partial charge in [-0.05, 0) is 24.8 Å². The predicted octanol–water partition coefficient (Wildman–Crippen LogP) is 1.22. The van der Waals surface area contributed by atoms with Crippen molar-refractivity contribution in [3.63, 3.8) is 0 Å². The Labute approximate surface area is 139 Å². The minimum Gasteiger partial charge on any atom is -0.273 e. The molecule has 1 aromatic heterocycles. The largest absolute Gasteiger partial charge is 0.290 e. The maximum Gasteiger partial charge on any atom is 0.290 e. The molecule has 7 heteroatoms. The lowest BCUT2D eigenvalue weighted by Crippen LogP contribution is -2.43. The van der Waals surface area contributed by atoms with E-state index in [9.17, 15) is 14.4 Å². The van der Waals surface area contributed by atoms with Crippen LogP contribution in [-0.4, -0.2) is 21.6 Å². The molecule has 2 amide bonds. The van der Waals surface area contributed by atoms with Crippen molar-refractivity contribution in [2.45, 2.75) is 33.2 Å². The van der Waals surface area contributed by atoms with Gasteiger partial charge in [0.05, 0.1) is 5.39 Å². The zero-order valence-electron chi connectivity index (χ0n) is 13.7. The fraction of sp³-hybridized carbons (Fsp3) is 0.412. The molecule has 0 radical (unpaired) electrons. The Morgan fingerprint density at radius 1 is 1.21 bits per heavy atom. The lowest BCUT2D eigenvalue weighted by atomic mass is 10.1. The highest BCUT2D eigenvalue weighted by atomic mass is 16.2. The molecule has 1 fully saturated rings. The summed E-state index contributed by atoms with van der Waals surface area (Å²) in [6.07, 6.45) is 1.70. The molecule has 1 aromatic carbocycles. The summed E-state index contributed by atoms with van der Waals surface area (Å²) in [5, 5.41) is 5.13. The van der Waals surface area contributed by atoms with Gasteiger partial charge in [-0.25, -0.2) is 4.68 Å². The van der Waals surface area contributed by atoms with Crippen molar-refractivity contribution in [3.8, 4) is 0 Å². The molecule has 126 valence electrons. The van der Waals surface area contributed by atoms with Gasteiger partial charge in [-0.1, -0.05) is 32.0 Å². The zero-order valence-corrected chi connectivity index (χ0v) is 13.7. The number of fused-ring (bicyclic) bond motifs is 1. The van der Waals surface area contributed by atoms with Gasteiger partial charge in [0.2, 0.25) is 5.91 Å². The molecule has 0 saturated heterocycles. The minimum absolute atomic E-state index is 0.00935. The van der Waals surface area contributed by atoms with Crippen molar-refractivity contribution in [2.75, 3.05) is 0 Å². The fourth-order valence-corrected chi connectivity index (χ4v) is 2.50. The van der Waals surface area contributed by atoms with Gasteiger partial charge in [-0.15, -0.1) is 0 Å². The van der Waals surface area contributed by atoms with Gasteiger partial charge >= 0.3 is 0 Å². The first-order valence-electron chi connectivity index (χ1n) is 8.07. The average Bonchev–Trinajstić information content (AvgIpc) is 3.39. The van der Waals surface area contributed by atoms with Gasteiger partial charge in [0.15, 0.2) is 5.69 Å². The Morgan fingerprint density at radius 2 is 1.88 bits per heavy atom. The van der Waals surface area contributed by atoms with Gasteiger partial charge in [-0.3, -0.25) is 25.2 Å². The van der Waals surface area contributed by atoms with E-state index < -0.39 is 5.91 Å². The highest BCUT2D eigenvalue weighted by Crippen LogP contribution is 2.28. The minimum atomic E-state index is -0.530. The van der Waals surface area contributed by atoms with Crippen LogP contribution in [0.4, 0.5) is 0 Å². The zero-order chi connectivity index (χ0) is 17.3. The molecule has 0 unspecified atom stereocenters. The van der Waals surface area contributed by atoms with Crippen molar-refractivity contribution >= 4 is 22.6 Å². The van der Waals surface area contributed by atoms with Gasteiger partial charge in [0, 0.05) is 17.8 Å². The summed E-state index contributed by atoms with van der Waals surface area (Å²) in [4.78, 5) is 36.6. The molecule has 7 nitrogen and oxygen atoms in total. The normalized spacial score (nSPS) is 14.0. The number of carbonyl (C=O) groups excluding carboxylic acids is 2. The van der Waals surface area contributed by atoms with Crippen molar-refractivity contribution < 1.29 is 9.59 Å². The first-order valence-corrected chi connectivity index (χ1v) is 8.07. The monoisotopic (exact) mass is 328 g/mol. The lowest BCUT2D eigenvalue weighted by molar-refractivity contribution is -0.123. The highest BCUT2D eigenvalue weighted by Gasteiger charge is 2.30. The maximum absolute atomic E-state index is 12.5. The van der Waals surface area contributed by atoms with E-state index in [4.69, 9.17) is 0 Å². The lowest BCUT2D eigenvalue weighted by Gasteiger charge is -2.13. The quantitative estimate of drug-likeness (QED) is 0.825. The summed E-state index contributed by atoms with van der Waals surface area (Å²) in [6, 6.07) is 6.85. The first kappa shape index (κ1) is 16.2. The number of aromatic nitrogens is 2. The SMILES string of the molecule is CC(C)Cn1nc(C(=O)NNC(=O)C2CC2)c2ccccc2c1=O. The number of hydrogen-bond donors (Lipinski definition) is 2. The van der Waals surface area contributed by atoms with E-state index in [1.165, 1.54) is 4.68 Å². The van der Waals surface area contributed by atoms with E-state index in [1.54, 1.807) is 24.3 Å². The van der Waals surface area contributed by atoms with E-state index in [0.29, 0.717) is 17.3 Å². The van der Waals surface area contributed by atoms with Crippen LogP contribution in [-0.2, 0) is 11.3 Å². The number of carbonyl (C=O) groups is 2. The third kappa shape index (κ3) is 3.29. The van der Waals surface area contributed by atoms with Crippen molar-refractivity contribution in [1.29, 1.82) is 0 Å². The van der Waals surface area contributed by atoms with E-state index in [1.807, 2.05) is 13.8 Å². The number of hydrogen-bond acceptors (Lipinski definition) is 4. The standard InChI is InChI=1S/C17H20N4O3/c1-10(2)9-21-17(24)13-6-4-3-5-12(13)14(20-21)16(23)19-18-15(22)11-7-8-11/h3-6,10-11H,7-9H2,1-2H3,(H,18,22)(H,19,23). The second-order valence-corrected chi connectivity index (χ2v) is 6.49. The molecule has 0 atom stereocenters. The molecule has 1 heterocycles. The van der Waals surface area contributed by atoms with Crippen LogP contribution in [0.15, 0.2) is 29.1 Å². The highest BCUT2D eigenvalue weighted by molar-refractivity contribution is 6.05. The van der Waals surface area contributed by atoms with Crippen LogP contribution in [0.3, 0.4) is 0 Å². The van der Waals surface area contributed by atoms with Crippen LogP contribution >= 0.6 is 0 Å². The third-order valence-electron chi connectivity index (χ3n) is 3.87. The second kappa shape index (κ2) is 6.43. The first-order chi connectivity index (χ1) is 11.5. The van der Waals surface area contributed by atoms with Crippen molar-refractivity contribution in [1.82, 2.24) is 20.6 Å². The fourth-order valence-electron chi connectivity index (χ4n) is 2.50. The van der Waals surface area contributed by atoms with Gasteiger partial charge in [0.25, 0.3) is 11.5 Å². The molecule has 0 aliphatic heterocycles. The van der Waals surface area contributed by atoms with Crippen molar-refractivity contribution in [3.05, 3.63) is 40.3 Å². The molecule has 2 N–H and O–H groups in total. The molecule has 1 aliphatic rings. The van der Waals surface area contributed by atoms with Crippen LogP contribution in [0.25, 0.3) is 10.8 Å². The molecule has 0 spiro atoms. The molecular weight excluding hydrogens is 308 g/mol. The Morgan fingerprint density at radius 3 is 2.50 bits per heavy atom. The number of nitrogens with one attached hydrogen (secondary N) is 2. The number of benzene rings is 1. The van der Waals surface area contributed by atoms with Crippen LogP contribution in [0.5, 0.6) is 0 Å². The van der Waals surface area contributed by atoms with Gasteiger partial charge in [0.1, 0.15) is 0 Å². The summed E-state index contributed by atoms with van der Waals surface area (Å²) < 4.78 is 1.31. The summed E-state index contributed by atoms with van der Waals surface area (Å²) in [7, 11) is 0. The van der Waals surface area contributed by atoms with Gasteiger partial charge < -0.3 is 0 Å². The van der Waals surface area contributed by atoms with Crippen LogP contribution in [0, 0.1) is 11.8 Å². The number of rotatable bonds is 4. The van der Waals surface area contributed by atoms with E-state index in [-0.39, 0.29) is 29.0 Å². The van der Waals surface area contributed by atoms with Crippen molar-refractivity contribution in [2.24, 2.45) is 11.8 Å².